The monoisotopic (exact) mass is 223 g/mol. The molecule has 3 nitrogen and oxygen atoms in total. The Balaban J connectivity index is 2.20. The highest BCUT2D eigenvalue weighted by atomic mass is 16.4. The topological polar surface area (TPSA) is 59.4 Å². The van der Waals surface area contributed by atoms with E-state index in [2.05, 4.69) is 0 Å². The Kier molecular flexibility index (Phi) is 3.36. The molecule has 0 amide bonds. The van der Waals surface area contributed by atoms with Crippen molar-refractivity contribution in [2.75, 3.05) is 6.54 Å². The fraction of sp³-hybridized carbons (Fsp3) is 0.692. The average molecular weight is 223 g/mol. The Morgan fingerprint density at radius 3 is 2.56 bits per heavy atom. The number of rotatable bonds is 3. The Bertz CT molecular complexity index is 339. The first-order chi connectivity index (χ1) is 7.68. The lowest BCUT2D eigenvalue weighted by atomic mass is 9.69. The zero-order chi connectivity index (χ0) is 11.6. The lowest BCUT2D eigenvalue weighted by molar-refractivity contribution is -0.0135. The Morgan fingerprint density at radius 1 is 1.38 bits per heavy atom. The van der Waals surface area contributed by atoms with Crippen LogP contribution in [0.4, 0.5) is 0 Å². The van der Waals surface area contributed by atoms with Crippen molar-refractivity contribution < 1.29 is 9.52 Å². The van der Waals surface area contributed by atoms with Gasteiger partial charge in [0.1, 0.15) is 17.6 Å². The van der Waals surface area contributed by atoms with Crippen molar-refractivity contribution in [1.29, 1.82) is 0 Å². The van der Waals surface area contributed by atoms with Crippen molar-refractivity contribution in [3.05, 3.63) is 23.7 Å². The molecule has 16 heavy (non-hydrogen) atoms. The van der Waals surface area contributed by atoms with E-state index in [4.69, 9.17) is 10.2 Å². The van der Waals surface area contributed by atoms with Gasteiger partial charge < -0.3 is 15.3 Å². The van der Waals surface area contributed by atoms with E-state index >= 15 is 0 Å². The Hall–Kier alpha value is -0.800. The van der Waals surface area contributed by atoms with Gasteiger partial charge in [0.05, 0.1) is 0 Å². The largest absolute Gasteiger partial charge is 0.464 e. The van der Waals surface area contributed by atoms with Crippen LogP contribution in [-0.2, 0) is 0 Å². The van der Waals surface area contributed by atoms with E-state index in [0.29, 0.717) is 12.3 Å². The fourth-order valence-electron chi connectivity index (χ4n) is 2.75. The molecule has 3 heteroatoms. The maximum atomic E-state index is 10.4. The van der Waals surface area contributed by atoms with E-state index in [9.17, 15) is 5.11 Å². The van der Waals surface area contributed by atoms with Gasteiger partial charge in [-0.2, -0.15) is 0 Å². The molecule has 0 saturated heterocycles. The third-order valence-electron chi connectivity index (χ3n) is 3.87. The van der Waals surface area contributed by atoms with E-state index in [0.717, 1.165) is 31.4 Å². The van der Waals surface area contributed by atoms with Gasteiger partial charge in [-0.15, -0.1) is 0 Å². The van der Waals surface area contributed by atoms with Gasteiger partial charge in [0.25, 0.3) is 0 Å². The third-order valence-corrected chi connectivity index (χ3v) is 3.87. The first-order valence-corrected chi connectivity index (χ1v) is 6.12. The van der Waals surface area contributed by atoms with Crippen LogP contribution >= 0.6 is 0 Å². The molecule has 0 aliphatic heterocycles. The smallest absolute Gasteiger partial charge is 0.133 e. The van der Waals surface area contributed by atoms with Gasteiger partial charge in [-0.25, -0.2) is 0 Å². The maximum Gasteiger partial charge on any atom is 0.133 e. The van der Waals surface area contributed by atoms with Crippen LogP contribution in [-0.4, -0.2) is 11.7 Å². The minimum Gasteiger partial charge on any atom is -0.464 e. The molecule has 2 rings (SSSR count). The molecule has 1 heterocycles. The molecule has 1 unspecified atom stereocenters. The predicted octanol–water partition coefficient (Wildman–Crippen LogP) is 2.53. The van der Waals surface area contributed by atoms with Crippen LogP contribution in [0.2, 0.25) is 0 Å². The second-order valence-corrected chi connectivity index (χ2v) is 4.98. The van der Waals surface area contributed by atoms with E-state index in [1.165, 1.54) is 6.42 Å². The minimum atomic E-state index is -0.550. The van der Waals surface area contributed by atoms with E-state index in [1.807, 2.05) is 19.1 Å². The highest BCUT2D eigenvalue weighted by Gasteiger charge is 2.40. The van der Waals surface area contributed by atoms with Crippen molar-refractivity contribution in [3.63, 3.8) is 0 Å². The van der Waals surface area contributed by atoms with Crippen LogP contribution < -0.4 is 5.73 Å². The molecule has 1 aliphatic carbocycles. The number of nitrogens with two attached hydrogens (primary N) is 1. The SMILES string of the molecule is Cc1ccc(C(O)C2(CN)CCCCC2)o1. The summed E-state index contributed by atoms with van der Waals surface area (Å²) in [5, 5.41) is 10.4. The number of hydrogen-bond donors (Lipinski definition) is 2. The predicted molar refractivity (Wildman–Crippen MR) is 63.0 cm³/mol. The first kappa shape index (κ1) is 11.7. The molecule has 1 fully saturated rings. The summed E-state index contributed by atoms with van der Waals surface area (Å²) in [5.74, 6) is 1.52. The standard InChI is InChI=1S/C13H21NO2/c1-10-5-6-11(16-10)12(15)13(9-14)7-3-2-4-8-13/h5-6,12,15H,2-4,7-9,14H2,1H3. The van der Waals surface area contributed by atoms with Crippen LogP contribution in [0, 0.1) is 12.3 Å². The number of hydrogen-bond acceptors (Lipinski definition) is 3. The molecule has 1 aromatic rings. The molecule has 0 bridgehead atoms. The van der Waals surface area contributed by atoms with Gasteiger partial charge in [-0.3, -0.25) is 0 Å². The summed E-state index contributed by atoms with van der Waals surface area (Å²) in [4.78, 5) is 0. The van der Waals surface area contributed by atoms with Gasteiger partial charge in [-0.1, -0.05) is 19.3 Å². The van der Waals surface area contributed by atoms with E-state index in [1.54, 1.807) is 0 Å². The first-order valence-electron chi connectivity index (χ1n) is 6.12. The minimum absolute atomic E-state index is 0.164. The number of aliphatic hydroxyl groups excluding tert-OH is 1. The lowest BCUT2D eigenvalue weighted by Gasteiger charge is -2.39. The highest BCUT2D eigenvalue weighted by Crippen LogP contribution is 2.45. The molecular formula is C13H21NO2. The van der Waals surface area contributed by atoms with Crippen molar-refractivity contribution in [3.8, 4) is 0 Å². The molecular weight excluding hydrogens is 202 g/mol. The second kappa shape index (κ2) is 4.60. The normalized spacial score (nSPS) is 21.9. The van der Waals surface area contributed by atoms with Crippen molar-refractivity contribution in [2.24, 2.45) is 11.1 Å². The van der Waals surface area contributed by atoms with Gasteiger partial charge in [0.2, 0.25) is 0 Å². The van der Waals surface area contributed by atoms with Gasteiger partial charge >= 0.3 is 0 Å². The Morgan fingerprint density at radius 2 is 2.06 bits per heavy atom. The molecule has 0 radical (unpaired) electrons. The summed E-state index contributed by atoms with van der Waals surface area (Å²) >= 11 is 0. The fourth-order valence-corrected chi connectivity index (χ4v) is 2.75. The van der Waals surface area contributed by atoms with E-state index in [-0.39, 0.29) is 5.41 Å². The maximum absolute atomic E-state index is 10.4. The van der Waals surface area contributed by atoms with Crippen molar-refractivity contribution in [2.45, 2.75) is 45.1 Å². The molecule has 1 aliphatic rings. The molecule has 90 valence electrons. The quantitative estimate of drug-likeness (QED) is 0.827. The molecule has 3 N–H and O–H groups in total. The molecule has 1 saturated carbocycles. The molecule has 1 aromatic heterocycles. The van der Waals surface area contributed by atoms with Crippen LogP contribution in [0.25, 0.3) is 0 Å². The van der Waals surface area contributed by atoms with Crippen LogP contribution in [0.1, 0.15) is 49.7 Å². The molecule has 0 spiro atoms. The summed E-state index contributed by atoms with van der Waals surface area (Å²) in [7, 11) is 0. The second-order valence-electron chi connectivity index (χ2n) is 4.98. The lowest BCUT2D eigenvalue weighted by Crippen LogP contribution is -2.38. The summed E-state index contributed by atoms with van der Waals surface area (Å²) < 4.78 is 5.52. The van der Waals surface area contributed by atoms with Gasteiger partial charge in [0.15, 0.2) is 0 Å². The van der Waals surface area contributed by atoms with Gasteiger partial charge in [-0.05, 0) is 31.9 Å². The molecule has 0 aromatic carbocycles. The van der Waals surface area contributed by atoms with Crippen molar-refractivity contribution in [1.82, 2.24) is 0 Å². The summed E-state index contributed by atoms with van der Waals surface area (Å²) in [6.45, 7) is 2.43. The average Bonchev–Trinajstić information content (AvgIpc) is 2.76. The van der Waals surface area contributed by atoms with E-state index < -0.39 is 6.10 Å². The van der Waals surface area contributed by atoms with Crippen LogP contribution in [0.3, 0.4) is 0 Å². The number of furan rings is 1. The van der Waals surface area contributed by atoms with Crippen LogP contribution in [0.5, 0.6) is 0 Å². The number of aryl methyl sites for hydroxylation is 1. The third kappa shape index (κ3) is 2.02. The summed E-state index contributed by atoms with van der Waals surface area (Å²) in [6.07, 6.45) is 5.04. The highest BCUT2D eigenvalue weighted by molar-refractivity contribution is 5.12. The Labute approximate surface area is 96.6 Å². The van der Waals surface area contributed by atoms with Gasteiger partial charge in [0, 0.05) is 12.0 Å². The summed E-state index contributed by atoms with van der Waals surface area (Å²) in [6, 6.07) is 3.76. The zero-order valence-corrected chi connectivity index (χ0v) is 9.91. The summed E-state index contributed by atoms with van der Waals surface area (Å²) in [5.41, 5.74) is 5.72. The molecule has 1 atom stereocenters. The zero-order valence-electron chi connectivity index (χ0n) is 9.91. The van der Waals surface area contributed by atoms with Crippen LogP contribution in [0.15, 0.2) is 16.5 Å². The number of aliphatic hydroxyl groups is 1. The van der Waals surface area contributed by atoms with Crippen molar-refractivity contribution >= 4 is 0 Å².